The molecule has 0 radical (unpaired) electrons. The van der Waals surface area contributed by atoms with E-state index >= 15 is 0 Å². The minimum atomic E-state index is 0.00278. The lowest BCUT2D eigenvalue weighted by Gasteiger charge is -2.27. The second-order valence-electron chi connectivity index (χ2n) is 4.11. The number of amides is 1. The van der Waals surface area contributed by atoms with Crippen LogP contribution >= 0.6 is 0 Å². The first-order chi connectivity index (χ1) is 7.83. The van der Waals surface area contributed by atoms with Gasteiger partial charge in [-0.25, -0.2) is 0 Å². The zero-order valence-corrected chi connectivity index (χ0v) is 8.79. The zero-order valence-electron chi connectivity index (χ0n) is 8.79. The monoisotopic (exact) mass is 215 g/mol. The number of aromatic nitrogens is 1. The molecule has 0 spiro atoms. The summed E-state index contributed by atoms with van der Waals surface area (Å²) >= 11 is 0. The lowest BCUT2D eigenvalue weighted by Crippen LogP contribution is -2.56. The van der Waals surface area contributed by atoms with Crippen LogP contribution in [0.4, 0.5) is 0 Å². The van der Waals surface area contributed by atoms with Crippen molar-refractivity contribution in [2.24, 2.45) is 0 Å². The van der Waals surface area contributed by atoms with Crippen molar-refractivity contribution < 1.29 is 4.79 Å². The summed E-state index contributed by atoms with van der Waals surface area (Å²) in [6.45, 7) is 1.74. The highest BCUT2D eigenvalue weighted by molar-refractivity contribution is 5.98. The molecule has 0 atom stereocenters. The van der Waals surface area contributed by atoms with Gasteiger partial charge in [0.05, 0.1) is 6.04 Å². The van der Waals surface area contributed by atoms with Crippen LogP contribution in [-0.2, 0) is 0 Å². The number of rotatable bonds is 2. The number of H-pyrrole nitrogens is 1. The van der Waals surface area contributed by atoms with Crippen molar-refractivity contribution >= 4 is 16.8 Å². The quantitative estimate of drug-likeness (QED) is 0.696. The summed E-state index contributed by atoms with van der Waals surface area (Å²) in [4.78, 5) is 15.0. The van der Waals surface area contributed by atoms with Gasteiger partial charge in [0.25, 0.3) is 5.91 Å². The average Bonchev–Trinajstić information content (AvgIpc) is 2.69. The third-order valence-corrected chi connectivity index (χ3v) is 2.93. The summed E-state index contributed by atoms with van der Waals surface area (Å²) in [6.07, 6.45) is 1.88. The van der Waals surface area contributed by atoms with E-state index in [1.54, 1.807) is 0 Å². The van der Waals surface area contributed by atoms with Crippen molar-refractivity contribution in [2.75, 3.05) is 13.1 Å². The fraction of sp³-hybridized carbons (Fsp3) is 0.250. The normalized spacial score (nSPS) is 16.0. The molecule has 1 amide bonds. The van der Waals surface area contributed by atoms with Gasteiger partial charge in [-0.1, -0.05) is 6.07 Å². The SMILES string of the molecule is O=C(NC1CNC1)c1ccc2cc[nH]c2c1. The number of nitrogens with one attached hydrogen (secondary N) is 3. The largest absolute Gasteiger partial charge is 0.361 e. The summed E-state index contributed by atoms with van der Waals surface area (Å²) in [6, 6.07) is 7.98. The fourth-order valence-electron chi connectivity index (χ4n) is 1.85. The van der Waals surface area contributed by atoms with Crippen molar-refractivity contribution in [3.05, 3.63) is 36.0 Å². The van der Waals surface area contributed by atoms with Gasteiger partial charge in [-0.05, 0) is 23.6 Å². The molecule has 16 heavy (non-hydrogen) atoms. The number of aromatic amines is 1. The van der Waals surface area contributed by atoms with Gasteiger partial charge >= 0.3 is 0 Å². The molecule has 0 unspecified atom stereocenters. The fourth-order valence-corrected chi connectivity index (χ4v) is 1.85. The van der Waals surface area contributed by atoms with Gasteiger partial charge < -0.3 is 15.6 Å². The van der Waals surface area contributed by atoms with Crippen LogP contribution in [0.25, 0.3) is 10.9 Å². The number of carbonyl (C=O) groups excluding carboxylic acids is 1. The highest BCUT2D eigenvalue weighted by Crippen LogP contribution is 2.14. The summed E-state index contributed by atoms with van der Waals surface area (Å²) in [5.74, 6) is 0.00278. The summed E-state index contributed by atoms with van der Waals surface area (Å²) in [7, 11) is 0. The molecule has 2 aromatic rings. The van der Waals surface area contributed by atoms with Gasteiger partial charge in [-0.15, -0.1) is 0 Å². The first kappa shape index (κ1) is 9.42. The maximum absolute atomic E-state index is 11.9. The van der Waals surface area contributed by atoms with Crippen molar-refractivity contribution in [2.45, 2.75) is 6.04 Å². The Hall–Kier alpha value is -1.81. The highest BCUT2D eigenvalue weighted by atomic mass is 16.1. The maximum atomic E-state index is 11.9. The zero-order chi connectivity index (χ0) is 11.0. The minimum absolute atomic E-state index is 0.00278. The molecule has 3 rings (SSSR count). The number of hydrogen-bond donors (Lipinski definition) is 3. The molecular weight excluding hydrogens is 202 g/mol. The standard InChI is InChI=1S/C12H13N3O/c16-12(15-10-6-13-7-10)9-2-1-8-3-4-14-11(8)5-9/h1-5,10,13-14H,6-7H2,(H,15,16). The molecule has 0 bridgehead atoms. The average molecular weight is 215 g/mol. The number of benzene rings is 1. The van der Waals surface area contributed by atoms with Crippen LogP contribution < -0.4 is 10.6 Å². The summed E-state index contributed by atoms with van der Waals surface area (Å²) in [5, 5.41) is 7.22. The molecule has 3 N–H and O–H groups in total. The molecule has 1 aromatic heterocycles. The number of carbonyl (C=O) groups is 1. The molecule has 0 aliphatic carbocycles. The topological polar surface area (TPSA) is 56.9 Å². The van der Waals surface area contributed by atoms with E-state index in [4.69, 9.17) is 0 Å². The number of fused-ring (bicyclic) bond motifs is 1. The molecule has 82 valence electrons. The molecule has 4 heteroatoms. The Labute approximate surface area is 93.0 Å². The van der Waals surface area contributed by atoms with Crippen molar-refractivity contribution in [1.29, 1.82) is 0 Å². The van der Waals surface area contributed by atoms with Crippen LogP contribution in [0.2, 0.25) is 0 Å². The third-order valence-electron chi connectivity index (χ3n) is 2.93. The van der Waals surface area contributed by atoms with Crippen molar-refractivity contribution in [1.82, 2.24) is 15.6 Å². The first-order valence-electron chi connectivity index (χ1n) is 5.42. The van der Waals surface area contributed by atoms with Crippen LogP contribution in [0.5, 0.6) is 0 Å². The van der Waals surface area contributed by atoms with E-state index in [1.807, 2.05) is 30.5 Å². The van der Waals surface area contributed by atoms with Gasteiger partial charge in [-0.2, -0.15) is 0 Å². The molecule has 1 fully saturated rings. The molecule has 1 saturated heterocycles. The summed E-state index contributed by atoms with van der Waals surface area (Å²) in [5.41, 5.74) is 1.71. The second-order valence-corrected chi connectivity index (χ2v) is 4.11. The van der Waals surface area contributed by atoms with Gasteiger partial charge in [0.1, 0.15) is 0 Å². The lowest BCUT2D eigenvalue weighted by molar-refractivity contribution is 0.0924. The molecular formula is C12H13N3O. The molecule has 1 aliphatic rings. The molecule has 0 saturated carbocycles. The van der Waals surface area contributed by atoms with Crippen LogP contribution in [0.3, 0.4) is 0 Å². The Morgan fingerprint density at radius 2 is 2.19 bits per heavy atom. The van der Waals surface area contributed by atoms with Gasteiger partial charge in [0.15, 0.2) is 0 Å². The van der Waals surface area contributed by atoms with Crippen LogP contribution in [0.1, 0.15) is 10.4 Å². The summed E-state index contributed by atoms with van der Waals surface area (Å²) < 4.78 is 0. The number of hydrogen-bond acceptors (Lipinski definition) is 2. The smallest absolute Gasteiger partial charge is 0.251 e. The van der Waals surface area contributed by atoms with Gasteiger partial charge in [0, 0.05) is 30.4 Å². The van der Waals surface area contributed by atoms with Crippen LogP contribution in [0.15, 0.2) is 30.5 Å². The Bertz CT molecular complexity index is 528. The Morgan fingerprint density at radius 3 is 2.94 bits per heavy atom. The minimum Gasteiger partial charge on any atom is -0.361 e. The van der Waals surface area contributed by atoms with Crippen LogP contribution in [-0.4, -0.2) is 30.0 Å². The highest BCUT2D eigenvalue weighted by Gasteiger charge is 2.19. The van der Waals surface area contributed by atoms with Crippen molar-refractivity contribution in [3.63, 3.8) is 0 Å². The third kappa shape index (κ3) is 1.57. The van der Waals surface area contributed by atoms with E-state index in [9.17, 15) is 4.79 Å². The second kappa shape index (κ2) is 3.64. The predicted molar refractivity (Wildman–Crippen MR) is 62.4 cm³/mol. The molecule has 2 heterocycles. The Morgan fingerprint density at radius 1 is 1.31 bits per heavy atom. The molecule has 1 aromatic carbocycles. The van der Waals surface area contributed by atoms with E-state index in [0.29, 0.717) is 5.56 Å². The molecule has 4 nitrogen and oxygen atoms in total. The Kier molecular flexibility index (Phi) is 2.15. The van der Waals surface area contributed by atoms with E-state index in [0.717, 1.165) is 24.0 Å². The van der Waals surface area contributed by atoms with E-state index in [2.05, 4.69) is 15.6 Å². The van der Waals surface area contributed by atoms with E-state index in [-0.39, 0.29) is 11.9 Å². The van der Waals surface area contributed by atoms with E-state index in [1.165, 1.54) is 0 Å². The van der Waals surface area contributed by atoms with Gasteiger partial charge in [-0.3, -0.25) is 4.79 Å². The molecule has 1 aliphatic heterocycles. The Balaban J connectivity index is 1.83. The maximum Gasteiger partial charge on any atom is 0.251 e. The van der Waals surface area contributed by atoms with Gasteiger partial charge in [0.2, 0.25) is 0 Å². The predicted octanol–water partition coefficient (Wildman–Crippen LogP) is 0.869. The first-order valence-corrected chi connectivity index (χ1v) is 5.42. The van der Waals surface area contributed by atoms with E-state index < -0.39 is 0 Å². The van der Waals surface area contributed by atoms with Crippen LogP contribution in [0, 0.1) is 0 Å². The lowest BCUT2D eigenvalue weighted by atomic mass is 10.1. The van der Waals surface area contributed by atoms with Crippen molar-refractivity contribution in [3.8, 4) is 0 Å².